The Kier molecular flexibility index (Phi) is 14.3. The normalized spacial score (nSPS) is 12.9. The molecule has 0 atom stereocenters. The molecule has 4 aromatic carbocycles. The zero-order valence-corrected chi connectivity index (χ0v) is 35.2. The fourth-order valence-corrected chi connectivity index (χ4v) is 6.55. The zero-order valence-electron chi connectivity index (χ0n) is 29.6. The Morgan fingerprint density at radius 3 is 1.35 bits per heavy atom. The van der Waals surface area contributed by atoms with Gasteiger partial charge in [-0.05, 0) is 80.4 Å². The predicted octanol–water partition coefficient (Wildman–Crippen LogP) is -0.743. The number of non-ortho nitro benzene ring substituents is 2. The van der Waals surface area contributed by atoms with Crippen LogP contribution in [0.15, 0.2) is 106 Å². The molecule has 0 aliphatic heterocycles. The number of carbonyl (C=O) groups excluding carboxylic acids is 2. The van der Waals surface area contributed by atoms with Gasteiger partial charge in [-0.15, -0.1) is 0 Å². The molecule has 5 rings (SSSR count). The van der Waals surface area contributed by atoms with Crippen molar-refractivity contribution in [3.8, 4) is 0 Å². The fraction of sp³-hybridized carbons (Fsp3) is 0.0909. The van der Waals surface area contributed by atoms with Gasteiger partial charge in [0.15, 0.2) is 0 Å². The third-order valence-electron chi connectivity index (χ3n) is 7.91. The van der Waals surface area contributed by atoms with Crippen LogP contribution in [0.1, 0.15) is 18.1 Å². The number of hydrogen-bond donors (Lipinski definition) is 4. The number of nitrogens with one attached hydrogen (secondary N) is 4. The molecule has 4 aromatic rings. The molecule has 1 aliphatic rings. The van der Waals surface area contributed by atoms with E-state index >= 15 is 0 Å². The molecular formula is C33H26N6Na2O12S2. The molecule has 55 heavy (non-hydrogen) atoms. The minimum atomic E-state index is -5.08. The summed E-state index contributed by atoms with van der Waals surface area (Å²) in [7, 11) is -10.2. The van der Waals surface area contributed by atoms with E-state index in [0.29, 0.717) is 46.0 Å². The minimum absolute atomic E-state index is 0. The zero-order chi connectivity index (χ0) is 39.0. The smallest absolute Gasteiger partial charge is 0.744 e. The van der Waals surface area contributed by atoms with Crippen molar-refractivity contribution in [2.75, 3.05) is 21.3 Å². The average molecular weight is 809 g/mol. The Balaban J connectivity index is 0.00000406. The molecule has 0 amide bonds. The number of hydrogen-bond acceptors (Lipinski definition) is 16. The third-order valence-corrected chi connectivity index (χ3v) is 9.67. The number of benzene rings is 4. The van der Waals surface area contributed by atoms with Crippen LogP contribution in [0.25, 0.3) is 0 Å². The van der Waals surface area contributed by atoms with Crippen LogP contribution in [-0.4, -0.2) is 47.4 Å². The molecule has 0 aromatic heterocycles. The number of nitro benzene ring substituents is 2. The minimum Gasteiger partial charge on any atom is -0.744 e. The van der Waals surface area contributed by atoms with Gasteiger partial charge >= 0.3 is 59.1 Å². The van der Waals surface area contributed by atoms with Gasteiger partial charge in [-0.2, -0.15) is 0 Å². The molecule has 0 radical (unpaired) electrons. The summed E-state index contributed by atoms with van der Waals surface area (Å²) in [5.41, 5.74) is 1.03. The van der Waals surface area contributed by atoms with Crippen LogP contribution in [0.3, 0.4) is 0 Å². The number of ketones is 2. The number of rotatable bonds is 12. The maximum Gasteiger partial charge on any atom is 1.00 e. The SMILES string of the molecule is CC1=C(Nc2ccc(Nc3ccc([N+](=O)[O-])cc3S(=O)(=O)[O-])cc2C)C(=O)C=C(Nc2ccc(Nc3ccc([N+](=O)[O-])cc3S(=O)(=O)[O-])cc2C)C1=O.[Na+].[Na+]. The Hall–Kier alpha value is -4.48. The van der Waals surface area contributed by atoms with Crippen LogP contribution < -0.4 is 80.4 Å². The molecule has 0 bridgehead atoms. The topological polar surface area (TPSA) is 283 Å². The quantitative estimate of drug-likeness (QED) is 0.0451. The number of anilines is 6. The summed E-state index contributed by atoms with van der Waals surface area (Å²) in [5, 5.41) is 33.6. The van der Waals surface area contributed by atoms with Crippen molar-refractivity contribution in [1.29, 1.82) is 0 Å². The third kappa shape index (κ3) is 10.4. The van der Waals surface area contributed by atoms with E-state index in [-0.39, 0.29) is 87.5 Å². The molecule has 274 valence electrons. The van der Waals surface area contributed by atoms with E-state index in [9.17, 15) is 55.8 Å². The first-order valence-corrected chi connectivity index (χ1v) is 17.8. The van der Waals surface area contributed by atoms with Crippen LogP contribution >= 0.6 is 0 Å². The van der Waals surface area contributed by atoms with Crippen LogP contribution in [0.2, 0.25) is 0 Å². The largest absolute Gasteiger partial charge is 1.00 e. The van der Waals surface area contributed by atoms with E-state index < -0.39 is 62.8 Å². The molecule has 4 N–H and O–H groups in total. The standard InChI is InChI=1S/C33H28N6O12S2.2Na/c1-17-12-20(34-26-10-6-22(38(42)43)14-30(26)52(46,47)48)4-8-24(17)36-28-16-29(40)32(19(3)33(28)41)37-25-9-5-21(13-18(25)2)35-27-11-7-23(39(44)45)15-31(27)53(49,50)51;;/h4-16,34-37H,1-3H3,(H,46,47,48)(H,49,50,51);;/q;2*+1/p-2. The molecule has 18 nitrogen and oxygen atoms in total. The summed E-state index contributed by atoms with van der Waals surface area (Å²) in [6.45, 7) is 4.77. The monoisotopic (exact) mass is 808 g/mol. The van der Waals surface area contributed by atoms with Crippen LogP contribution in [-0.2, 0) is 29.8 Å². The van der Waals surface area contributed by atoms with E-state index in [0.717, 1.165) is 30.3 Å². The molecule has 0 saturated carbocycles. The van der Waals surface area contributed by atoms with E-state index in [4.69, 9.17) is 0 Å². The van der Waals surface area contributed by atoms with Gasteiger partial charge in [0.1, 0.15) is 20.2 Å². The fourth-order valence-electron chi connectivity index (χ4n) is 5.24. The van der Waals surface area contributed by atoms with Crippen molar-refractivity contribution < 1.29 is 104 Å². The first kappa shape index (κ1) is 44.9. The molecule has 22 heteroatoms. The van der Waals surface area contributed by atoms with Gasteiger partial charge in [-0.25, -0.2) is 16.8 Å². The van der Waals surface area contributed by atoms with Crippen molar-refractivity contribution >= 4 is 77.3 Å². The van der Waals surface area contributed by atoms with E-state index in [1.165, 1.54) is 31.2 Å². The second kappa shape index (κ2) is 17.5. The number of carbonyl (C=O) groups is 2. The summed E-state index contributed by atoms with van der Waals surface area (Å²) in [5.74, 6) is -1.05. The van der Waals surface area contributed by atoms with Gasteiger partial charge in [0.05, 0.1) is 42.4 Å². The van der Waals surface area contributed by atoms with Gasteiger partial charge < -0.3 is 30.4 Å². The first-order valence-electron chi connectivity index (χ1n) is 15.0. The molecule has 0 unspecified atom stereocenters. The van der Waals surface area contributed by atoms with Crippen molar-refractivity contribution in [3.05, 3.63) is 127 Å². The van der Waals surface area contributed by atoms with Gasteiger partial charge in [0.25, 0.3) is 11.4 Å². The second-order valence-corrected chi connectivity index (χ2v) is 14.3. The number of nitrogens with zero attached hydrogens (tertiary/aromatic N) is 2. The molecule has 0 fully saturated rings. The van der Waals surface area contributed by atoms with Gasteiger partial charge in [0, 0.05) is 58.7 Å². The van der Waals surface area contributed by atoms with E-state index in [2.05, 4.69) is 21.3 Å². The molecular weight excluding hydrogens is 783 g/mol. The van der Waals surface area contributed by atoms with Crippen molar-refractivity contribution in [3.63, 3.8) is 0 Å². The van der Waals surface area contributed by atoms with Crippen molar-refractivity contribution in [2.24, 2.45) is 0 Å². The molecule has 0 saturated heterocycles. The summed E-state index contributed by atoms with van der Waals surface area (Å²) < 4.78 is 70.7. The predicted molar refractivity (Wildman–Crippen MR) is 189 cm³/mol. The summed E-state index contributed by atoms with van der Waals surface area (Å²) >= 11 is 0. The van der Waals surface area contributed by atoms with Gasteiger partial charge in [0.2, 0.25) is 11.6 Å². The van der Waals surface area contributed by atoms with Crippen LogP contribution in [0.4, 0.5) is 45.5 Å². The van der Waals surface area contributed by atoms with Crippen molar-refractivity contribution in [2.45, 2.75) is 30.6 Å². The Morgan fingerprint density at radius 2 is 0.964 bits per heavy atom. The number of aryl methyl sites for hydroxylation is 2. The molecule has 1 aliphatic carbocycles. The van der Waals surface area contributed by atoms with E-state index in [1.54, 1.807) is 26.0 Å². The average Bonchev–Trinajstić information content (AvgIpc) is 3.06. The van der Waals surface area contributed by atoms with Crippen molar-refractivity contribution in [1.82, 2.24) is 0 Å². The number of Topliss-reactive ketones (excluding diaryl/α,β-unsaturated/α-hetero) is 1. The number of allylic oxidation sites excluding steroid dienone is 2. The maximum absolute atomic E-state index is 13.4. The van der Waals surface area contributed by atoms with Crippen LogP contribution in [0, 0.1) is 34.1 Å². The Morgan fingerprint density at radius 1 is 0.564 bits per heavy atom. The van der Waals surface area contributed by atoms with Gasteiger partial charge in [-0.3, -0.25) is 29.8 Å². The summed E-state index contributed by atoms with van der Waals surface area (Å²) in [6, 6.07) is 14.8. The van der Waals surface area contributed by atoms with Gasteiger partial charge in [-0.1, -0.05) is 0 Å². The summed E-state index contributed by atoms with van der Waals surface area (Å²) in [4.78, 5) is 45.5. The second-order valence-electron chi connectivity index (χ2n) is 11.6. The van der Waals surface area contributed by atoms with E-state index in [1.807, 2.05) is 0 Å². The summed E-state index contributed by atoms with van der Waals surface area (Å²) in [6.07, 6.45) is 1.11. The molecule has 0 heterocycles. The Labute approximate surface area is 357 Å². The molecule has 0 spiro atoms. The van der Waals surface area contributed by atoms with Crippen LogP contribution in [0.5, 0.6) is 0 Å². The Bertz CT molecular complexity index is 2560. The number of nitro groups is 2. The first-order chi connectivity index (χ1) is 24.7. The maximum atomic E-state index is 13.4.